The fourth-order valence-corrected chi connectivity index (χ4v) is 4.50. The maximum absolute atomic E-state index is 12.7. The fraction of sp³-hybridized carbons (Fsp3) is 0.529. The number of carboxylic acids is 1. The monoisotopic (exact) mass is 382 g/mol. The number of carboxylic acid groups (broad SMARTS) is 1. The maximum Gasteiger partial charge on any atom is 0.311 e. The van der Waals surface area contributed by atoms with E-state index in [0.29, 0.717) is 13.0 Å². The lowest BCUT2D eigenvalue weighted by Gasteiger charge is -2.20. The molecule has 1 atom stereocenters. The molecular formula is C17H22N2O6S. The lowest BCUT2D eigenvalue weighted by Crippen LogP contribution is -2.35. The SMILES string of the molecule is COc1ccc(C(=O)N2CCC(C)(C(=O)O)C2)cc1S(=O)(=O)NC1CC1. The van der Waals surface area contributed by atoms with E-state index in [2.05, 4.69) is 4.72 Å². The number of rotatable bonds is 6. The number of ether oxygens (including phenoxy) is 1. The average Bonchev–Trinajstić information content (AvgIpc) is 3.30. The number of sulfonamides is 1. The molecule has 1 saturated heterocycles. The van der Waals surface area contributed by atoms with Gasteiger partial charge in [-0.15, -0.1) is 0 Å². The molecule has 9 heteroatoms. The first-order chi connectivity index (χ1) is 12.2. The minimum absolute atomic E-state index is 0.0704. The van der Waals surface area contributed by atoms with Gasteiger partial charge < -0.3 is 14.7 Å². The van der Waals surface area contributed by atoms with Crippen LogP contribution in [0.2, 0.25) is 0 Å². The number of likely N-dealkylation sites (tertiary alicyclic amines) is 1. The van der Waals surface area contributed by atoms with Crippen LogP contribution in [0.15, 0.2) is 23.1 Å². The van der Waals surface area contributed by atoms with Gasteiger partial charge in [-0.1, -0.05) is 0 Å². The minimum atomic E-state index is -3.80. The van der Waals surface area contributed by atoms with Crippen molar-refractivity contribution in [2.45, 2.75) is 37.1 Å². The molecule has 0 bridgehead atoms. The Hall–Kier alpha value is -2.13. The van der Waals surface area contributed by atoms with E-state index in [1.165, 1.54) is 30.2 Å². The van der Waals surface area contributed by atoms with Gasteiger partial charge in [-0.05, 0) is 44.4 Å². The van der Waals surface area contributed by atoms with Crippen molar-refractivity contribution in [2.75, 3.05) is 20.2 Å². The molecule has 1 aromatic carbocycles. The maximum atomic E-state index is 12.7. The normalized spacial score (nSPS) is 23.1. The minimum Gasteiger partial charge on any atom is -0.495 e. The van der Waals surface area contributed by atoms with Crippen molar-refractivity contribution in [1.29, 1.82) is 0 Å². The van der Waals surface area contributed by atoms with Gasteiger partial charge in [0, 0.05) is 24.7 Å². The molecule has 0 spiro atoms. The molecule has 8 nitrogen and oxygen atoms in total. The number of hydrogen-bond acceptors (Lipinski definition) is 5. The van der Waals surface area contributed by atoms with Crippen LogP contribution in [-0.4, -0.2) is 56.5 Å². The zero-order chi connectivity index (χ0) is 19.1. The van der Waals surface area contributed by atoms with E-state index in [4.69, 9.17) is 4.74 Å². The molecule has 2 fully saturated rings. The molecule has 1 aliphatic heterocycles. The molecule has 1 heterocycles. The van der Waals surface area contributed by atoms with Gasteiger partial charge in [0.1, 0.15) is 10.6 Å². The smallest absolute Gasteiger partial charge is 0.311 e. The number of aliphatic carboxylic acids is 1. The van der Waals surface area contributed by atoms with Crippen molar-refractivity contribution < 1.29 is 27.9 Å². The van der Waals surface area contributed by atoms with Crippen LogP contribution in [0.5, 0.6) is 5.75 Å². The highest BCUT2D eigenvalue weighted by Crippen LogP contribution is 2.32. The van der Waals surface area contributed by atoms with Gasteiger partial charge >= 0.3 is 5.97 Å². The number of carbonyl (C=O) groups excluding carboxylic acids is 1. The summed E-state index contributed by atoms with van der Waals surface area (Å²) in [6, 6.07) is 4.16. The van der Waals surface area contributed by atoms with E-state index in [0.717, 1.165) is 12.8 Å². The molecule has 0 aromatic heterocycles. The standard InChI is InChI=1S/C17H22N2O6S/c1-17(16(21)22)7-8-19(10-17)15(20)11-3-6-13(25-2)14(9-11)26(23,24)18-12-4-5-12/h3,6,9,12,18H,4-5,7-8,10H2,1-2H3,(H,21,22). The highest BCUT2D eigenvalue weighted by atomic mass is 32.2. The van der Waals surface area contributed by atoms with Gasteiger partial charge in [0.15, 0.2) is 0 Å². The fourth-order valence-electron chi connectivity index (χ4n) is 3.00. The Morgan fingerprint density at radius 1 is 1.35 bits per heavy atom. The summed E-state index contributed by atoms with van der Waals surface area (Å²) in [5.74, 6) is -1.17. The Labute approximate surface area is 152 Å². The molecule has 2 N–H and O–H groups in total. The Balaban J connectivity index is 1.88. The molecule has 1 saturated carbocycles. The number of nitrogens with one attached hydrogen (secondary N) is 1. The van der Waals surface area contributed by atoms with E-state index < -0.39 is 21.4 Å². The number of amides is 1. The molecule has 1 aromatic rings. The number of benzene rings is 1. The summed E-state index contributed by atoms with van der Waals surface area (Å²) in [6.07, 6.45) is 1.95. The summed E-state index contributed by atoms with van der Waals surface area (Å²) in [7, 11) is -2.43. The van der Waals surface area contributed by atoms with Crippen molar-refractivity contribution in [3.8, 4) is 5.75 Å². The third kappa shape index (κ3) is 3.54. The number of nitrogens with zero attached hydrogens (tertiary/aromatic N) is 1. The van der Waals surface area contributed by atoms with Crippen molar-refractivity contribution in [3.63, 3.8) is 0 Å². The quantitative estimate of drug-likeness (QED) is 0.761. The van der Waals surface area contributed by atoms with E-state index in [1.807, 2.05) is 0 Å². The van der Waals surface area contributed by atoms with E-state index in [9.17, 15) is 23.1 Å². The number of hydrogen-bond donors (Lipinski definition) is 2. The van der Waals surface area contributed by atoms with Crippen LogP contribution >= 0.6 is 0 Å². The summed E-state index contributed by atoms with van der Waals surface area (Å²) < 4.78 is 32.8. The van der Waals surface area contributed by atoms with Crippen LogP contribution in [0, 0.1) is 5.41 Å². The highest BCUT2D eigenvalue weighted by Gasteiger charge is 2.42. The molecular weight excluding hydrogens is 360 g/mol. The third-order valence-corrected chi connectivity index (χ3v) is 6.42. The molecule has 1 amide bonds. The Morgan fingerprint density at radius 2 is 2.04 bits per heavy atom. The molecule has 1 aliphatic carbocycles. The van der Waals surface area contributed by atoms with Gasteiger partial charge in [-0.3, -0.25) is 9.59 Å². The summed E-state index contributed by atoms with van der Waals surface area (Å²) in [5.41, 5.74) is -0.790. The Morgan fingerprint density at radius 3 is 2.58 bits per heavy atom. The van der Waals surface area contributed by atoms with Crippen LogP contribution in [0.1, 0.15) is 36.5 Å². The lowest BCUT2D eigenvalue weighted by atomic mass is 9.90. The zero-order valence-electron chi connectivity index (χ0n) is 14.7. The van der Waals surface area contributed by atoms with Gasteiger partial charge in [-0.25, -0.2) is 13.1 Å². The first-order valence-electron chi connectivity index (χ1n) is 8.39. The molecule has 3 rings (SSSR count). The number of methoxy groups -OCH3 is 1. The zero-order valence-corrected chi connectivity index (χ0v) is 15.5. The van der Waals surface area contributed by atoms with Gasteiger partial charge in [0.05, 0.1) is 12.5 Å². The molecule has 0 radical (unpaired) electrons. The van der Waals surface area contributed by atoms with E-state index in [1.54, 1.807) is 6.92 Å². The average molecular weight is 382 g/mol. The first kappa shape index (κ1) is 18.7. The van der Waals surface area contributed by atoms with Crippen LogP contribution in [0.25, 0.3) is 0 Å². The summed E-state index contributed by atoms with van der Waals surface area (Å²) >= 11 is 0. The topological polar surface area (TPSA) is 113 Å². The summed E-state index contributed by atoms with van der Waals surface area (Å²) in [4.78, 5) is 25.5. The Kier molecular flexibility index (Phi) is 4.70. The van der Waals surface area contributed by atoms with Crippen LogP contribution in [0.4, 0.5) is 0 Å². The van der Waals surface area contributed by atoms with Gasteiger partial charge in [0.25, 0.3) is 5.91 Å². The van der Waals surface area contributed by atoms with E-state index >= 15 is 0 Å². The molecule has 2 aliphatic rings. The molecule has 142 valence electrons. The Bertz CT molecular complexity index is 849. The van der Waals surface area contributed by atoms with E-state index in [-0.39, 0.29) is 34.7 Å². The second kappa shape index (κ2) is 6.55. The first-order valence-corrected chi connectivity index (χ1v) is 9.88. The van der Waals surface area contributed by atoms with Crippen molar-refractivity contribution in [2.24, 2.45) is 5.41 Å². The van der Waals surface area contributed by atoms with Crippen LogP contribution in [0.3, 0.4) is 0 Å². The number of carbonyl (C=O) groups is 2. The predicted molar refractivity (Wildman–Crippen MR) is 92.6 cm³/mol. The molecule has 26 heavy (non-hydrogen) atoms. The van der Waals surface area contributed by atoms with Crippen molar-refractivity contribution in [1.82, 2.24) is 9.62 Å². The predicted octanol–water partition coefficient (Wildman–Crippen LogP) is 1.07. The van der Waals surface area contributed by atoms with Crippen molar-refractivity contribution in [3.05, 3.63) is 23.8 Å². The van der Waals surface area contributed by atoms with Crippen LogP contribution < -0.4 is 9.46 Å². The van der Waals surface area contributed by atoms with Crippen LogP contribution in [-0.2, 0) is 14.8 Å². The lowest BCUT2D eigenvalue weighted by molar-refractivity contribution is -0.147. The molecule has 1 unspecified atom stereocenters. The van der Waals surface area contributed by atoms with Gasteiger partial charge in [-0.2, -0.15) is 0 Å². The second-order valence-electron chi connectivity index (χ2n) is 7.10. The van der Waals surface area contributed by atoms with Crippen molar-refractivity contribution >= 4 is 21.9 Å². The van der Waals surface area contributed by atoms with Gasteiger partial charge in [0.2, 0.25) is 10.0 Å². The second-order valence-corrected chi connectivity index (χ2v) is 8.79. The highest BCUT2D eigenvalue weighted by molar-refractivity contribution is 7.89. The largest absolute Gasteiger partial charge is 0.495 e. The summed E-state index contributed by atoms with van der Waals surface area (Å²) in [5, 5.41) is 9.31. The summed E-state index contributed by atoms with van der Waals surface area (Å²) in [6.45, 7) is 2.01. The third-order valence-electron chi connectivity index (χ3n) is 4.88.